The van der Waals surface area contributed by atoms with E-state index in [1.807, 2.05) is 0 Å². The third-order valence-corrected chi connectivity index (χ3v) is 14.8. The molecule has 1 atom stereocenters. The number of carbonyl (C=O) groups is 3. The third-order valence-electron chi connectivity index (χ3n) is 14.8. The predicted octanol–water partition coefficient (Wildman–Crippen LogP) is 23.6. The zero-order valence-corrected chi connectivity index (χ0v) is 52.8. The van der Waals surface area contributed by atoms with E-state index in [0.717, 1.165) is 116 Å². The second-order valence-electron chi connectivity index (χ2n) is 22.7. The molecule has 6 heteroatoms. The molecule has 0 N–H and O–H groups in total. The summed E-state index contributed by atoms with van der Waals surface area (Å²) in [7, 11) is 0. The molecule has 0 fully saturated rings. The monoisotopic (exact) mass is 1110 g/mol. The maximum atomic E-state index is 12.9. The SMILES string of the molecule is CC/C=C\C/C=C\C/C=C\C/C=C\CCCCCCCCCCCCCCCCCCC(=O)OCC(COC(=O)CCCCCCC/C=C\C/C=C\CCCCCC)OC(=O)CCCCCCCCC/C=C\C/C=C\CCCCC. The van der Waals surface area contributed by atoms with Crippen molar-refractivity contribution in [2.75, 3.05) is 13.2 Å². The molecule has 0 saturated heterocycles. The fraction of sp³-hybridized carbons (Fsp3) is 0.743. The molecule has 0 radical (unpaired) electrons. The van der Waals surface area contributed by atoms with Crippen LogP contribution in [0.2, 0.25) is 0 Å². The molecule has 0 aliphatic heterocycles. The highest BCUT2D eigenvalue weighted by Gasteiger charge is 2.19. The van der Waals surface area contributed by atoms with Crippen molar-refractivity contribution in [2.24, 2.45) is 0 Å². The van der Waals surface area contributed by atoms with Crippen LogP contribution in [0.25, 0.3) is 0 Å². The summed E-state index contributed by atoms with van der Waals surface area (Å²) < 4.78 is 17.0. The van der Waals surface area contributed by atoms with Gasteiger partial charge in [-0.05, 0) is 122 Å². The molecule has 0 aliphatic carbocycles. The van der Waals surface area contributed by atoms with Gasteiger partial charge in [-0.1, -0.05) is 291 Å². The first-order valence-electron chi connectivity index (χ1n) is 34.2. The normalized spacial score (nSPS) is 12.7. The minimum Gasteiger partial charge on any atom is -0.462 e. The van der Waals surface area contributed by atoms with E-state index in [4.69, 9.17) is 14.2 Å². The number of hydrogen-bond acceptors (Lipinski definition) is 6. The van der Waals surface area contributed by atoms with Crippen molar-refractivity contribution in [2.45, 2.75) is 341 Å². The maximum absolute atomic E-state index is 12.9. The molecule has 0 aromatic carbocycles. The number of esters is 3. The molecule has 6 nitrogen and oxygen atoms in total. The number of allylic oxidation sites excluding steroid dienone is 16. The molecule has 460 valence electrons. The summed E-state index contributed by atoms with van der Waals surface area (Å²) in [5, 5.41) is 0. The molecule has 0 heterocycles. The Balaban J connectivity index is 4.28. The predicted molar refractivity (Wildman–Crippen MR) is 348 cm³/mol. The topological polar surface area (TPSA) is 78.9 Å². The fourth-order valence-electron chi connectivity index (χ4n) is 9.67. The lowest BCUT2D eigenvalue weighted by Crippen LogP contribution is -2.30. The van der Waals surface area contributed by atoms with Crippen molar-refractivity contribution in [1.29, 1.82) is 0 Å². The molecule has 0 bridgehead atoms. The van der Waals surface area contributed by atoms with Gasteiger partial charge in [-0.2, -0.15) is 0 Å². The van der Waals surface area contributed by atoms with Crippen LogP contribution in [0.4, 0.5) is 0 Å². The van der Waals surface area contributed by atoms with Gasteiger partial charge in [0.15, 0.2) is 6.10 Å². The first-order chi connectivity index (χ1) is 39.5. The summed E-state index contributed by atoms with van der Waals surface area (Å²) in [6, 6.07) is 0. The highest BCUT2D eigenvalue weighted by molar-refractivity contribution is 5.71. The number of rotatable bonds is 62. The Labute approximate surface area is 496 Å². The van der Waals surface area contributed by atoms with Gasteiger partial charge in [0, 0.05) is 19.3 Å². The van der Waals surface area contributed by atoms with E-state index in [-0.39, 0.29) is 31.1 Å². The average molecular weight is 1110 g/mol. The summed E-state index contributed by atoms with van der Waals surface area (Å²) >= 11 is 0. The molecular weight excluding hydrogens is 985 g/mol. The molecule has 0 rings (SSSR count). The Morgan fingerprint density at radius 1 is 0.263 bits per heavy atom. The summed E-state index contributed by atoms with van der Waals surface area (Å²) in [6.07, 6.45) is 91.4. The van der Waals surface area contributed by atoms with Crippen molar-refractivity contribution < 1.29 is 28.6 Å². The molecule has 0 saturated carbocycles. The van der Waals surface area contributed by atoms with Gasteiger partial charge in [0.25, 0.3) is 0 Å². The van der Waals surface area contributed by atoms with Crippen LogP contribution in [-0.4, -0.2) is 37.2 Å². The smallest absolute Gasteiger partial charge is 0.306 e. The van der Waals surface area contributed by atoms with Crippen molar-refractivity contribution >= 4 is 17.9 Å². The van der Waals surface area contributed by atoms with Crippen LogP contribution >= 0.6 is 0 Å². The maximum Gasteiger partial charge on any atom is 0.306 e. The number of carbonyl (C=O) groups excluding carboxylic acids is 3. The zero-order valence-electron chi connectivity index (χ0n) is 52.8. The highest BCUT2D eigenvalue weighted by atomic mass is 16.6. The van der Waals surface area contributed by atoms with Crippen molar-refractivity contribution in [3.8, 4) is 0 Å². The highest BCUT2D eigenvalue weighted by Crippen LogP contribution is 2.17. The van der Waals surface area contributed by atoms with Crippen LogP contribution in [0.1, 0.15) is 335 Å². The Bertz CT molecular complexity index is 1560. The summed E-state index contributed by atoms with van der Waals surface area (Å²) in [5.74, 6) is -0.891. The molecule has 0 amide bonds. The van der Waals surface area contributed by atoms with E-state index in [9.17, 15) is 14.4 Å². The van der Waals surface area contributed by atoms with Crippen LogP contribution in [0.15, 0.2) is 97.2 Å². The largest absolute Gasteiger partial charge is 0.462 e. The van der Waals surface area contributed by atoms with Crippen LogP contribution < -0.4 is 0 Å². The second kappa shape index (κ2) is 67.8. The van der Waals surface area contributed by atoms with E-state index in [2.05, 4.69) is 118 Å². The minimum atomic E-state index is -0.789. The Hall–Kier alpha value is -3.67. The second-order valence-corrected chi connectivity index (χ2v) is 22.7. The van der Waals surface area contributed by atoms with Crippen molar-refractivity contribution in [1.82, 2.24) is 0 Å². The van der Waals surface area contributed by atoms with Gasteiger partial charge in [-0.25, -0.2) is 0 Å². The fourth-order valence-corrected chi connectivity index (χ4v) is 9.67. The van der Waals surface area contributed by atoms with Crippen molar-refractivity contribution in [3.05, 3.63) is 97.2 Å². The van der Waals surface area contributed by atoms with Crippen LogP contribution in [0, 0.1) is 0 Å². The van der Waals surface area contributed by atoms with Crippen LogP contribution in [0.5, 0.6) is 0 Å². The Kier molecular flexibility index (Phi) is 64.7. The van der Waals surface area contributed by atoms with E-state index < -0.39 is 6.10 Å². The van der Waals surface area contributed by atoms with Gasteiger partial charge < -0.3 is 14.2 Å². The van der Waals surface area contributed by atoms with Gasteiger partial charge in [0.1, 0.15) is 13.2 Å². The Morgan fingerprint density at radius 3 is 0.787 bits per heavy atom. The van der Waals surface area contributed by atoms with E-state index in [1.54, 1.807) is 0 Å². The van der Waals surface area contributed by atoms with Gasteiger partial charge >= 0.3 is 17.9 Å². The van der Waals surface area contributed by atoms with Gasteiger partial charge in [-0.3, -0.25) is 14.4 Å². The summed E-state index contributed by atoms with van der Waals surface area (Å²) in [5.41, 5.74) is 0. The molecule has 1 unspecified atom stereocenters. The van der Waals surface area contributed by atoms with Crippen LogP contribution in [0.3, 0.4) is 0 Å². The lowest BCUT2D eigenvalue weighted by molar-refractivity contribution is -0.167. The van der Waals surface area contributed by atoms with Crippen molar-refractivity contribution in [3.63, 3.8) is 0 Å². The minimum absolute atomic E-state index is 0.0830. The molecule has 0 spiro atoms. The Morgan fingerprint density at radius 2 is 0.487 bits per heavy atom. The van der Waals surface area contributed by atoms with E-state index in [0.29, 0.717) is 19.3 Å². The molecule has 0 aromatic rings. The molecular formula is C74H128O6. The van der Waals surface area contributed by atoms with Gasteiger partial charge in [0.2, 0.25) is 0 Å². The van der Waals surface area contributed by atoms with E-state index >= 15 is 0 Å². The molecule has 0 aliphatic rings. The third kappa shape index (κ3) is 65.1. The summed E-state index contributed by atoms with van der Waals surface area (Å²) in [6.45, 7) is 6.50. The number of ether oxygens (including phenoxy) is 3. The molecule has 0 aromatic heterocycles. The van der Waals surface area contributed by atoms with Gasteiger partial charge in [0.05, 0.1) is 0 Å². The van der Waals surface area contributed by atoms with Gasteiger partial charge in [-0.15, -0.1) is 0 Å². The average Bonchev–Trinajstić information content (AvgIpc) is 3.46. The number of hydrogen-bond donors (Lipinski definition) is 0. The lowest BCUT2D eigenvalue weighted by Gasteiger charge is -2.18. The van der Waals surface area contributed by atoms with Crippen LogP contribution in [-0.2, 0) is 28.6 Å². The standard InChI is InChI=1S/C74H128O6/c1-4-7-10-13-16-19-22-25-28-31-32-33-34-35-36-37-38-39-40-41-42-44-46-49-52-55-58-61-64-67-73(76)79-70-71(69-78-72(75)66-63-60-57-54-51-48-45-30-27-24-21-18-15-12-9-6-3)80-74(77)68-65-62-59-56-53-50-47-43-29-26-23-20-17-14-11-8-5-2/h7,10,16-17,19-21,24-26,28-30,32-33,45,71H,4-6,8-9,11-15,18,22-23,27,31,34-44,46-70H2,1-3H3/b10-7-,19-16-,20-17-,24-21-,28-25-,29-26-,33-32-,45-30-. The number of unbranched alkanes of at least 4 members (excludes halogenated alkanes) is 35. The zero-order chi connectivity index (χ0) is 57.8. The molecule has 80 heavy (non-hydrogen) atoms. The summed E-state index contributed by atoms with van der Waals surface area (Å²) in [4.78, 5) is 38.4. The quantitative estimate of drug-likeness (QED) is 0.0261. The first kappa shape index (κ1) is 76.3. The van der Waals surface area contributed by atoms with E-state index in [1.165, 1.54) is 180 Å². The first-order valence-corrected chi connectivity index (χ1v) is 34.2. The lowest BCUT2D eigenvalue weighted by atomic mass is 10.0.